The van der Waals surface area contributed by atoms with Gasteiger partial charge in [0.1, 0.15) is 6.61 Å². The van der Waals surface area contributed by atoms with E-state index in [1.807, 2.05) is 12.3 Å². The van der Waals surface area contributed by atoms with Crippen molar-refractivity contribution in [2.75, 3.05) is 14.2 Å². The number of methoxy groups -OCH3 is 1. The SMILES string of the molecule is COc1cc(C(=O)N(C)C(C)c2cccc([N+](=O)[O-])c2)ccc1OCc1cscn1. The third-order valence-electron chi connectivity index (χ3n) is 4.73. The van der Waals surface area contributed by atoms with E-state index in [9.17, 15) is 14.9 Å². The highest BCUT2D eigenvalue weighted by Gasteiger charge is 2.22. The topological polar surface area (TPSA) is 94.8 Å². The number of amides is 1. The number of rotatable bonds is 8. The van der Waals surface area contributed by atoms with Crippen LogP contribution in [-0.4, -0.2) is 34.9 Å². The molecule has 0 N–H and O–H groups in total. The van der Waals surface area contributed by atoms with Crippen LogP contribution in [0.4, 0.5) is 5.69 Å². The fraction of sp³-hybridized carbons (Fsp3) is 0.238. The minimum atomic E-state index is -0.451. The van der Waals surface area contributed by atoms with Gasteiger partial charge in [-0.3, -0.25) is 14.9 Å². The summed E-state index contributed by atoms with van der Waals surface area (Å²) in [7, 11) is 3.17. The van der Waals surface area contributed by atoms with E-state index in [4.69, 9.17) is 9.47 Å². The number of carbonyl (C=O) groups is 1. The van der Waals surface area contributed by atoms with Gasteiger partial charge in [-0.2, -0.15) is 0 Å². The molecule has 0 spiro atoms. The number of non-ortho nitro benzene ring substituents is 1. The number of nitro benzene ring substituents is 1. The Balaban J connectivity index is 1.76. The van der Waals surface area contributed by atoms with E-state index >= 15 is 0 Å². The number of ether oxygens (including phenoxy) is 2. The van der Waals surface area contributed by atoms with E-state index in [0.29, 0.717) is 29.2 Å². The van der Waals surface area contributed by atoms with E-state index in [0.717, 1.165) is 5.69 Å². The molecule has 0 saturated heterocycles. The van der Waals surface area contributed by atoms with Gasteiger partial charge in [-0.15, -0.1) is 11.3 Å². The van der Waals surface area contributed by atoms with Crippen molar-refractivity contribution in [3.8, 4) is 11.5 Å². The Hall–Kier alpha value is -3.46. The van der Waals surface area contributed by atoms with Crippen molar-refractivity contribution in [3.63, 3.8) is 0 Å². The van der Waals surface area contributed by atoms with Gasteiger partial charge in [-0.05, 0) is 30.7 Å². The van der Waals surface area contributed by atoms with Gasteiger partial charge in [0.05, 0.1) is 29.3 Å². The minimum absolute atomic E-state index is 0.0107. The standard InChI is InChI=1S/C21H21N3O5S/c1-14(15-5-4-6-18(9-15)24(26)27)23(2)21(25)16-7-8-19(20(10-16)28-3)29-11-17-12-30-13-22-17/h4-10,12-14H,11H2,1-3H3. The lowest BCUT2D eigenvalue weighted by atomic mass is 10.1. The molecule has 8 nitrogen and oxygen atoms in total. The molecule has 0 bridgehead atoms. The molecular weight excluding hydrogens is 406 g/mol. The molecule has 30 heavy (non-hydrogen) atoms. The van der Waals surface area contributed by atoms with Gasteiger partial charge in [-0.1, -0.05) is 12.1 Å². The number of nitro groups is 1. The molecule has 1 amide bonds. The highest BCUT2D eigenvalue weighted by Crippen LogP contribution is 2.31. The zero-order valence-electron chi connectivity index (χ0n) is 16.8. The van der Waals surface area contributed by atoms with Gasteiger partial charge < -0.3 is 14.4 Å². The normalized spacial score (nSPS) is 11.6. The molecule has 156 valence electrons. The fourth-order valence-corrected chi connectivity index (χ4v) is 3.42. The third-order valence-corrected chi connectivity index (χ3v) is 5.37. The van der Waals surface area contributed by atoms with Gasteiger partial charge in [0.15, 0.2) is 11.5 Å². The highest BCUT2D eigenvalue weighted by molar-refractivity contribution is 7.07. The first-order chi connectivity index (χ1) is 14.4. The maximum absolute atomic E-state index is 13.0. The summed E-state index contributed by atoms with van der Waals surface area (Å²) in [5.74, 6) is 0.710. The molecule has 0 aliphatic carbocycles. The number of carbonyl (C=O) groups excluding carboxylic acids is 1. The molecule has 1 heterocycles. The first kappa shape index (κ1) is 21.3. The molecule has 0 fully saturated rings. The van der Waals surface area contributed by atoms with Gasteiger partial charge >= 0.3 is 0 Å². The van der Waals surface area contributed by atoms with Crippen LogP contribution in [0.25, 0.3) is 0 Å². The van der Waals surface area contributed by atoms with Crippen molar-refractivity contribution in [1.29, 1.82) is 0 Å². The zero-order chi connectivity index (χ0) is 21.7. The van der Waals surface area contributed by atoms with Crippen LogP contribution in [0.3, 0.4) is 0 Å². The Kier molecular flexibility index (Phi) is 6.63. The van der Waals surface area contributed by atoms with Crippen molar-refractivity contribution in [1.82, 2.24) is 9.88 Å². The predicted octanol–water partition coefficient (Wildman–Crippen LogP) is 4.47. The van der Waals surface area contributed by atoms with Crippen LogP contribution in [0.2, 0.25) is 0 Å². The van der Waals surface area contributed by atoms with E-state index < -0.39 is 4.92 Å². The number of aromatic nitrogens is 1. The largest absolute Gasteiger partial charge is 0.493 e. The Labute approximate surface area is 177 Å². The second kappa shape index (κ2) is 9.36. The quantitative estimate of drug-likeness (QED) is 0.389. The van der Waals surface area contributed by atoms with Crippen LogP contribution in [0.1, 0.15) is 34.6 Å². The molecule has 9 heteroatoms. The molecule has 2 aromatic carbocycles. The summed E-state index contributed by atoms with van der Waals surface area (Å²) in [5.41, 5.74) is 3.63. The van der Waals surface area contributed by atoms with Crippen LogP contribution in [0.15, 0.2) is 53.4 Å². The van der Waals surface area contributed by atoms with Gasteiger partial charge in [-0.25, -0.2) is 4.98 Å². The van der Waals surface area contributed by atoms with Crippen LogP contribution in [0, 0.1) is 10.1 Å². The average molecular weight is 427 g/mol. The Morgan fingerprint density at radius 2 is 2.07 bits per heavy atom. The first-order valence-electron chi connectivity index (χ1n) is 9.10. The number of benzene rings is 2. The summed E-state index contributed by atoms with van der Waals surface area (Å²) in [6.07, 6.45) is 0. The van der Waals surface area contributed by atoms with E-state index in [1.165, 1.54) is 35.5 Å². The van der Waals surface area contributed by atoms with Crippen molar-refractivity contribution in [2.45, 2.75) is 19.6 Å². The molecule has 0 radical (unpaired) electrons. The lowest BCUT2D eigenvalue weighted by Crippen LogP contribution is -2.29. The molecule has 0 aliphatic heterocycles. The summed E-state index contributed by atoms with van der Waals surface area (Å²) in [6.45, 7) is 2.12. The lowest BCUT2D eigenvalue weighted by Gasteiger charge is -2.25. The second-order valence-corrected chi connectivity index (χ2v) is 7.30. The maximum Gasteiger partial charge on any atom is 0.269 e. The van der Waals surface area contributed by atoms with Crippen molar-refractivity contribution in [3.05, 3.63) is 80.3 Å². The highest BCUT2D eigenvalue weighted by atomic mass is 32.1. The first-order valence-corrected chi connectivity index (χ1v) is 10.0. The van der Waals surface area contributed by atoms with Crippen LogP contribution in [0.5, 0.6) is 11.5 Å². The number of hydrogen-bond donors (Lipinski definition) is 0. The summed E-state index contributed by atoms with van der Waals surface area (Å²) < 4.78 is 11.1. The number of thiazole rings is 1. The summed E-state index contributed by atoms with van der Waals surface area (Å²) in [6, 6.07) is 10.9. The molecule has 3 rings (SSSR count). The fourth-order valence-electron chi connectivity index (χ4n) is 2.88. The summed E-state index contributed by atoms with van der Waals surface area (Å²) >= 11 is 1.49. The molecule has 0 aliphatic rings. The lowest BCUT2D eigenvalue weighted by molar-refractivity contribution is -0.384. The predicted molar refractivity (Wildman–Crippen MR) is 113 cm³/mol. The Morgan fingerprint density at radius 1 is 1.27 bits per heavy atom. The monoisotopic (exact) mass is 427 g/mol. The Morgan fingerprint density at radius 3 is 2.73 bits per heavy atom. The summed E-state index contributed by atoms with van der Waals surface area (Å²) in [4.78, 5) is 29.3. The van der Waals surface area contributed by atoms with Crippen molar-refractivity contribution < 1.29 is 19.2 Å². The molecule has 3 aromatic rings. The summed E-state index contributed by atoms with van der Waals surface area (Å²) in [5, 5.41) is 12.9. The van der Waals surface area contributed by atoms with Crippen LogP contribution in [-0.2, 0) is 6.61 Å². The molecule has 1 aromatic heterocycles. The number of nitrogens with zero attached hydrogens (tertiary/aromatic N) is 3. The Bertz CT molecular complexity index is 1040. The maximum atomic E-state index is 13.0. The molecular formula is C21H21N3O5S. The molecule has 1 unspecified atom stereocenters. The van der Waals surface area contributed by atoms with Crippen LogP contribution < -0.4 is 9.47 Å². The van der Waals surface area contributed by atoms with Crippen molar-refractivity contribution >= 4 is 22.9 Å². The van der Waals surface area contributed by atoms with Gasteiger partial charge in [0.25, 0.3) is 11.6 Å². The zero-order valence-corrected chi connectivity index (χ0v) is 17.6. The van der Waals surface area contributed by atoms with E-state index in [1.54, 1.807) is 42.9 Å². The minimum Gasteiger partial charge on any atom is -0.493 e. The average Bonchev–Trinajstić information content (AvgIpc) is 3.29. The second-order valence-electron chi connectivity index (χ2n) is 6.58. The smallest absolute Gasteiger partial charge is 0.269 e. The van der Waals surface area contributed by atoms with Crippen LogP contribution >= 0.6 is 11.3 Å². The van der Waals surface area contributed by atoms with Crippen molar-refractivity contribution in [2.24, 2.45) is 0 Å². The van der Waals surface area contributed by atoms with E-state index in [2.05, 4.69) is 4.98 Å². The van der Waals surface area contributed by atoms with Gasteiger partial charge in [0, 0.05) is 30.1 Å². The molecule has 0 saturated carbocycles. The third kappa shape index (κ3) is 4.74. The number of hydrogen-bond acceptors (Lipinski definition) is 7. The van der Waals surface area contributed by atoms with Gasteiger partial charge in [0.2, 0.25) is 0 Å². The molecule has 1 atom stereocenters. The van der Waals surface area contributed by atoms with E-state index in [-0.39, 0.29) is 17.6 Å².